The Morgan fingerprint density at radius 3 is 2.52 bits per heavy atom. The van der Waals surface area contributed by atoms with Crippen LogP contribution in [-0.4, -0.2) is 38.9 Å². The zero-order chi connectivity index (χ0) is 23.7. The van der Waals surface area contributed by atoms with E-state index in [0.29, 0.717) is 40.4 Å². The molecular formula is C24H22Cl2N4O3. The smallest absolute Gasteiger partial charge is 0.261 e. The Morgan fingerprint density at radius 2 is 1.79 bits per heavy atom. The Balaban J connectivity index is 1.51. The van der Waals surface area contributed by atoms with Gasteiger partial charge in [-0.05, 0) is 48.2 Å². The Morgan fingerprint density at radius 1 is 1.03 bits per heavy atom. The molecule has 1 aliphatic heterocycles. The van der Waals surface area contributed by atoms with E-state index >= 15 is 0 Å². The molecule has 33 heavy (non-hydrogen) atoms. The normalized spacial score (nSPS) is 13.1. The van der Waals surface area contributed by atoms with Gasteiger partial charge in [-0.1, -0.05) is 43.1 Å². The third-order valence-electron chi connectivity index (χ3n) is 5.46. The summed E-state index contributed by atoms with van der Waals surface area (Å²) in [5.41, 5.74) is 1.64. The first kappa shape index (κ1) is 23.0. The van der Waals surface area contributed by atoms with Gasteiger partial charge >= 0.3 is 0 Å². The summed E-state index contributed by atoms with van der Waals surface area (Å²) in [5.74, 6) is -0.272. The van der Waals surface area contributed by atoms with Crippen molar-refractivity contribution in [3.05, 3.63) is 81.0 Å². The van der Waals surface area contributed by atoms with Gasteiger partial charge in [-0.2, -0.15) is 5.10 Å². The summed E-state index contributed by atoms with van der Waals surface area (Å²) in [7, 11) is 0. The molecule has 2 heterocycles. The minimum absolute atomic E-state index is 0.248. The SMILES string of the molecule is CC(C)CCN1C(=O)c2ccc(C(=O)Nc3ccnn3Cc3ccc(Cl)cc3Cl)cc2C1=O. The van der Waals surface area contributed by atoms with Crippen molar-refractivity contribution in [1.82, 2.24) is 14.7 Å². The van der Waals surface area contributed by atoms with Crippen molar-refractivity contribution in [2.45, 2.75) is 26.8 Å². The third kappa shape index (κ3) is 4.79. The van der Waals surface area contributed by atoms with Crippen molar-refractivity contribution in [1.29, 1.82) is 0 Å². The van der Waals surface area contributed by atoms with Crippen LogP contribution in [-0.2, 0) is 6.54 Å². The molecule has 0 unspecified atom stereocenters. The summed E-state index contributed by atoms with van der Waals surface area (Å²) in [6, 6.07) is 11.4. The van der Waals surface area contributed by atoms with Crippen LogP contribution in [0, 0.1) is 5.92 Å². The lowest BCUT2D eigenvalue weighted by Crippen LogP contribution is -2.31. The highest BCUT2D eigenvalue weighted by Crippen LogP contribution is 2.26. The maximum absolute atomic E-state index is 12.9. The predicted molar refractivity (Wildman–Crippen MR) is 127 cm³/mol. The molecule has 170 valence electrons. The highest BCUT2D eigenvalue weighted by atomic mass is 35.5. The van der Waals surface area contributed by atoms with Crippen LogP contribution in [0.4, 0.5) is 5.82 Å². The van der Waals surface area contributed by atoms with E-state index in [1.807, 2.05) is 13.8 Å². The van der Waals surface area contributed by atoms with E-state index in [1.165, 1.54) is 17.0 Å². The predicted octanol–water partition coefficient (Wildman–Crippen LogP) is 5.13. The molecule has 0 bridgehead atoms. The summed E-state index contributed by atoms with van der Waals surface area (Å²) in [4.78, 5) is 39.5. The molecule has 2 aromatic carbocycles. The first-order valence-corrected chi connectivity index (χ1v) is 11.3. The molecule has 9 heteroatoms. The summed E-state index contributed by atoms with van der Waals surface area (Å²) in [5, 5.41) is 8.09. The fourth-order valence-electron chi connectivity index (χ4n) is 3.59. The minimum atomic E-state index is -0.414. The molecule has 3 aromatic rings. The summed E-state index contributed by atoms with van der Waals surface area (Å²) < 4.78 is 1.60. The van der Waals surface area contributed by atoms with Crippen molar-refractivity contribution in [2.24, 2.45) is 5.92 Å². The Labute approximate surface area is 201 Å². The Kier molecular flexibility index (Phi) is 6.54. The van der Waals surface area contributed by atoms with Crippen LogP contribution in [0.25, 0.3) is 0 Å². The standard InChI is InChI=1S/C24H22Cl2N4O3/c1-14(2)8-10-29-23(32)18-6-4-15(11-19(18)24(29)33)22(31)28-21-7-9-27-30(21)13-16-3-5-17(25)12-20(16)26/h3-7,9,11-12,14H,8,10,13H2,1-2H3,(H,28,31). The monoisotopic (exact) mass is 484 g/mol. The summed E-state index contributed by atoms with van der Waals surface area (Å²) in [6.07, 6.45) is 2.29. The Bertz CT molecular complexity index is 1250. The van der Waals surface area contributed by atoms with E-state index in [2.05, 4.69) is 10.4 Å². The molecule has 1 aliphatic rings. The van der Waals surface area contributed by atoms with Crippen LogP contribution in [0.3, 0.4) is 0 Å². The molecule has 0 saturated heterocycles. The quantitative estimate of drug-likeness (QED) is 0.470. The summed E-state index contributed by atoms with van der Waals surface area (Å²) >= 11 is 12.2. The fraction of sp³-hybridized carbons (Fsp3) is 0.250. The lowest BCUT2D eigenvalue weighted by molar-refractivity contribution is 0.0647. The van der Waals surface area contributed by atoms with E-state index < -0.39 is 5.91 Å². The molecule has 0 radical (unpaired) electrons. The van der Waals surface area contributed by atoms with Crippen molar-refractivity contribution < 1.29 is 14.4 Å². The molecule has 0 spiro atoms. The number of nitrogens with one attached hydrogen (secondary N) is 1. The van der Waals surface area contributed by atoms with Crippen LogP contribution in [0.15, 0.2) is 48.7 Å². The lowest BCUT2D eigenvalue weighted by Gasteiger charge is -2.14. The number of halogens is 2. The minimum Gasteiger partial charge on any atom is -0.307 e. The Hall–Kier alpha value is -3.16. The highest BCUT2D eigenvalue weighted by molar-refractivity contribution is 6.35. The molecule has 1 aromatic heterocycles. The zero-order valence-electron chi connectivity index (χ0n) is 18.1. The van der Waals surface area contributed by atoms with E-state index in [1.54, 1.807) is 41.2 Å². The van der Waals surface area contributed by atoms with Gasteiger partial charge in [0.1, 0.15) is 5.82 Å². The topological polar surface area (TPSA) is 84.3 Å². The lowest BCUT2D eigenvalue weighted by atomic mass is 10.1. The number of carbonyl (C=O) groups excluding carboxylic acids is 3. The third-order valence-corrected chi connectivity index (χ3v) is 6.04. The summed E-state index contributed by atoms with van der Waals surface area (Å²) in [6.45, 7) is 4.76. The van der Waals surface area contributed by atoms with Crippen LogP contribution < -0.4 is 5.32 Å². The van der Waals surface area contributed by atoms with Crippen LogP contribution in [0.2, 0.25) is 10.0 Å². The van der Waals surface area contributed by atoms with Crippen molar-refractivity contribution >= 4 is 46.7 Å². The fourth-order valence-corrected chi connectivity index (χ4v) is 4.06. The highest BCUT2D eigenvalue weighted by Gasteiger charge is 2.35. The molecule has 0 saturated carbocycles. The van der Waals surface area contributed by atoms with E-state index in [4.69, 9.17) is 23.2 Å². The first-order chi connectivity index (χ1) is 15.7. The van der Waals surface area contributed by atoms with Gasteiger partial charge in [-0.3, -0.25) is 19.3 Å². The van der Waals surface area contributed by atoms with Crippen LogP contribution in [0.1, 0.15) is 56.9 Å². The average Bonchev–Trinajstić information content (AvgIpc) is 3.30. The van der Waals surface area contributed by atoms with Gasteiger partial charge in [0.25, 0.3) is 17.7 Å². The second-order valence-electron chi connectivity index (χ2n) is 8.27. The number of carbonyl (C=O) groups is 3. The van der Waals surface area contributed by atoms with Crippen molar-refractivity contribution in [3.63, 3.8) is 0 Å². The molecule has 4 rings (SSSR count). The zero-order valence-corrected chi connectivity index (χ0v) is 19.7. The molecule has 7 nitrogen and oxygen atoms in total. The number of rotatable bonds is 7. The van der Waals surface area contributed by atoms with Gasteiger partial charge in [-0.25, -0.2) is 4.68 Å². The number of amides is 3. The second-order valence-corrected chi connectivity index (χ2v) is 9.11. The molecule has 3 amide bonds. The van der Waals surface area contributed by atoms with Crippen molar-refractivity contribution in [2.75, 3.05) is 11.9 Å². The maximum Gasteiger partial charge on any atom is 0.261 e. The van der Waals surface area contributed by atoms with Gasteiger partial charge in [0.2, 0.25) is 0 Å². The van der Waals surface area contributed by atoms with Gasteiger partial charge < -0.3 is 5.32 Å². The molecule has 1 N–H and O–H groups in total. The van der Waals surface area contributed by atoms with Gasteiger partial charge in [0, 0.05) is 28.2 Å². The number of hydrogen-bond donors (Lipinski definition) is 1. The number of hydrogen-bond acceptors (Lipinski definition) is 4. The molecule has 0 aliphatic carbocycles. The van der Waals surface area contributed by atoms with Crippen LogP contribution >= 0.6 is 23.2 Å². The number of nitrogens with zero attached hydrogens (tertiary/aromatic N) is 3. The number of fused-ring (bicyclic) bond motifs is 1. The van der Waals surface area contributed by atoms with E-state index in [9.17, 15) is 14.4 Å². The maximum atomic E-state index is 12.9. The first-order valence-electron chi connectivity index (χ1n) is 10.5. The van der Waals surface area contributed by atoms with Gasteiger partial charge in [-0.15, -0.1) is 0 Å². The molecular weight excluding hydrogens is 463 g/mol. The largest absolute Gasteiger partial charge is 0.307 e. The van der Waals surface area contributed by atoms with Gasteiger partial charge in [0.05, 0.1) is 23.9 Å². The number of imide groups is 1. The number of anilines is 1. The van der Waals surface area contributed by atoms with Crippen LogP contribution in [0.5, 0.6) is 0 Å². The average molecular weight is 485 g/mol. The number of aromatic nitrogens is 2. The molecule has 0 fully saturated rings. The second kappa shape index (κ2) is 9.37. The van der Waals surface area contributed by atoms with Crippen molar-refractivity contribution in [3.8, 4) is 0 Å². The number of benzene rings is 2. The van der Waals surface area contributed by atoms with E-state index in [0.717, 1.165) is 12.0 Å². The molecule has 0 atom stereocenters. The van der Waals surface area contributed by atoms with E-state index in [-0.39, 0.29) is 22.9 Å². The van der Waals surface area contributed by atoms with Gasteiger partial charge in [0.15, 0.2) is 0 Å².